The third kappa shape index (κ3) is 5.51. The maximum absolute atomic E-state index is 13.2. The summed E-state index contributed by atoms with van der Waals surface area (Å²) in [5, 5.41) is 20.9. The Balaban J connectivity index is 1.68. The number of nitrogens with one attached hydrogen (secondary N) is 1. The van der Waals surface area contributed by atoms with Gasteiger partial charge in [-0.25, -0.2) is 10.5 Å². The molecule has 2 heterocycles. The first-order valence-electron chi connectivity index (χ1n) is 10.1. The average molecular weight is 404 g/mol. The van der Waals surface area contributed by atoms with Gasteiger partial charge in [-0.3, -0.25) is 29.6 Å². The number of hydroxylamine groups is 2. The second-order valence-electron chi connectivity index (χ2n) is 7.88. The largest absolute Gasteiger partial charge is 0.506 e. The number of hydrazine groups is 1. The van der Waals surface area contributed by atoms with Gasteiger partial charge in [-0.2, -0.15) is 0 Å². The van der Waals surface area contributed by atoms with Crippen molar-refractivity contribution in [3.63, 3.8) is 0 Å². The number of ketones is 1. The first kappa shape index (κ1) is 21.2. The molecular formula is C20H28N4O5. The van der Waals surface area contributed by atoms with E-state index < -0.39 is 12.0 Å². The molecule has 29 heavy (non-hydrogen) atoms. The fourth-order valence-corrected chi connectivity index (χ4v) is 4.28. The molecule has 3 rings (SSSR count). The molecule has 3 N–H and O–H groups in total. The third-order valence-corrected chi connectivity index (χ3v) is 5.76. The lowest BCUT2D eigenvalue weighted by Gasteiger charge is -2.29. The van der Waals surface area contributed by atoms with E-state index in [1.807, 2.05) is 0 Å². The topological polar surface area (TPSA) is 123 Å². The second-order valence-corrected chi connectivity index (χ2v) is 7.88. The Hall–Kier alpha value is -2.52. The molecule has 2 aliphatic rings. The molecule has 1 saturated heterocycles. The molecule has 1 aliphatic heterocycles. The highest BCUT2D eigenvalue weighted by atomic mass is 16.5. The van der Waals surface area contributed by atoms with Crippen molar-refractivity contribution in [2.24, 2.45) is 11.8 Å². The number of aromatic hydroxyl groups is 1. The highest BCUT2D eigenvalue weighted by molar-refractivity contribution is 5.91. The number of Topliss-reactive ketones (excluding diaryl/α,β-unsaturated/α-hetero) is 1. The van der Waals surface area contributed by atoms with Crippen molar-refractivity contribution in [3.05, 3.63) is 24.0 Å². The number of aromatic nitrogens is 1. The van der Waals surface area contributed by atoms with E-state index in [1.54, 1.807) is 6.07 Å². The van der Waals surface area contributed by atoms with Crippen LogP contribution >= 0.6 is 0 Å². The Morgan fingerprint density at radius 3 is 2.72 bits per heavy atom. The van der Waals surface area contributed by atoms with Gasteiger partial charge in [0.15, 0.2) is 5.78 Å². The van der Waals surface area contributed by atoms with Gasteiger partial charge in [-0.15, -0.1) is 0 Å². The van der Waals surface area contributed by atoms with E-state index in [9.17, 15) is 24.7 Å². The van der Waals surface area contributed by atoms with Crippen molar-refractivity contribution in [1.29, 1.82) is 0 Å². The zero-order valence-electron chi connectivity index (χ0n) is 16.4. The molecule has 0 unspecified atom stereocenters. The predicted octanol–water partition coefficient (Wildman–Crippen LogP) is 1.05. The summed E-state index contributed by atoms with van der Waals surface area (Å²) in [6, 6.07) is 2.43. The van der Waals surface area contributed by atoms with Crippen LogP contribution in [-0.4, -0.2) is 62.6 Å². The van der Waals surface area contributed by atoms with Crippen molar-refractivity contribution in [3.8, 4) is 5.75 Å². The highest BCUT2D eigenvalue weighted by Gasteiger charge is 2.38. The van der Waals surface area contributed by atoms with Crippen LogP contribution in [0.4, 0.5) is 0 Å². The minimum atomic E-state index is -0.618. The Morgan fingerprint density at radius 2 is 2.07 bits per heavy atom. The number of carbonyl (C=O) groups excluding carboxylic acids is 3. The van der Waals surface area contributed by atoms with E-state index in [1.165, 1.54) is 17.3 Å². The number of pyridine rings is 1. The number of hydrogen-bond donors (Lipinski definition) is 3. The Labute approximate surface area is 169 Å². The summed E-state index contributed by atoms with van der Waals surface area (Å²) in [5.41, 5.74) is 3.52. The molecule has 2 fully saturated rings. The van der Waals surface area contributed by atoms with Gasteiger partial charge in [0, 0.05) is 12.2 Å². The van der Waals surface area contributed by atoms with Gasteiger partial charge in [0.2, 0.25) is 12.3 Å². The molecule has 2 amide bonds. The molecule has 0 spiro atoms. The van der Waals surface area contributed by atoms with E-state index in [-0.39, 0.29) is 30.4 Å². The van der Waals surface area contributed by atoms with Gasteiger partial charge in [0.05, 0.1) is 25.1 Å². The summed E-state index contributed by atoms with van der Waals surface area (Å²) < 4.78 is 0. The number of rotatable bonds is 9. The molecule has 1 aliphatic carbocycles. The molecule has 0 bridgehead atoms. The summed E-state index contributed by atoms with van der Waals surface area (Å²) in [6.45, 7) is 0.412. The van der Waals surface area contributed by atoms with Crippen molar-refractivity contribution >= 4 is 18.1 Å². The lowest BCUT2D eigenvalue weighted by Crippen LogP contribution is -2.51. The van der Waals surface area contributed by atoms with Crippen LogP contribution in [0.25, 0.3) is 0 Å². The predicted molar refractivity (Wildman–Crippen MR) is 102 cm³/mol. The molecule has 1 saturated carbocycles. The molecular weight excluding hydrogens is 376 g/mol. The van der Waals surface area contributed by atoms with Crippen molar-refractivity contribution in [2.75, 3.05) is 13.1 Å². The summed E-state index contributed by atoms with van der Waals surface area (Å²) >= 11 is 0. The number of amides is 2. The first-order valence-corrected chi connectivity index (χ1v) is 10.1. The fraction of sp³-hybridized carbons (Fsp3) is 0.600. The van der Waals surface area contributed by atoms with E-state index >= 15 is 0 Å². The minimum absolute atomic E-state index is 0.0269. The minimum Gasteiger partial charge on any atom is -0.506 e. The number of carbonyl (C=O) groups is 3. The molecule has 158 valence electrons. The maximum Gasteiger partial charge on any atom is 0.242 e. The van der Waals surface area contributed by atoms with Crippen molar-refractivity contribution in [1.82, 2.24) is 20.5 Å². The zero-order valence-corrected chi connectivity index (χ0v) is 16.4. The molecule has 0 radical (unpaired) electrons. The average Bonchev–Trinajstić information content (AvgIpc) is 3.40. The van der Waals surface area contributed by atoms with Gasteiger partial charge in [-0.1, -0.05) is 25.7 Å². The Bertz CT molecular complexity index is 720. The summed E-state index contributed by atoms with van der Waals surface area (Å²) in [4.78, 5) is 40.9. The van der Waals surface area contributed by atoms with Gasteiger partial charge < -0.3 is 5.11 Å². The molecule has 1 aromatic rings. The second kappa shape index (κ2) is 9.80. The zero-order chi connectivity index (χ0) is 20.8. The van der Waals surface area contributed by atoms with E-state index in [4.69, 9.17) is 0 Å². The maximum atomic E-state index is 13.2. The Morgan fingerprint density at radius 1 is 1.31 bits per heavy atom. The smallest absolute Gasteiger partial charge is 0.242 e. The van der Waals surface area contributed by atoms with Gasteiger partial charge >= 0.3 is 0 Å². The highest BCUT2D eigenvalue weighted by Crippen LogP contribution is 2.31. The fourth-order valence-electron chi connectivity index (χ4n) is 4.28. The van der Waals surface area contributed by atoms with Crippen LogP contribution in [0.5, 0.6) is 5.75 Å². The summed E-state index contributed by atoms with van der Waals surface area (Å²) in [7, 11) is 0. The lowest BCUT2D eigenvalue weighted by molar-refractivity contribution is -0.159. The van der Waals surface area contributed by atoms with Crippen LogP contribution in [0.15, 0.2) is 18.3 Å². The van der Waals surface area contributed by atoms with Gasteiger partial charge in [0.25, 0.3) is 0 Å². The van der Waals surface area contributed by atoms with Crippen LogP contribution < -0.4 is 5.43 Å². The third-order valence-electron chi connectivity index (χ3n) is 5.76. The first-order chi connectivity index (χ1) is 14.0. The summed E-state index contributed by atoms with van der Waals surface area (Å²) in [5.74, 6) is -0.563. The quantitative estimate of drug-likeness (QED) is 0.319. The molecule has 2 atom stereocenters. The molecule has 9 heteroatoms. The number of hydrogen-bond acceptors (Lipinski definition) is 7. The van der Waals surface area contributed by atoms with E-state index in [0.717, 1.165) is 25.7 Å². The van der Waals surface area contributed by atoms with Crippen LogP contribution in [0, 0.1) is 11.8 Å². The van der Waals surface area contributed by atoms with Crippen molar-refractivity contribution < 1.29 is 24.7 Å². The van der Waals surface area contributed by atoms with Crippen LogP contribution in [0.3, 0.4) is 0 Å². The van der Waals surface area contributed by atoms with Gasteiger partial charge in [-0.05, 0) is 30.9 Å². The van der Waals surface area contributed by atoms with Crippen molar-refractivity contribution in [2.45, 2.75) is 51.0 Å². The monoisotopic (exact) mass is 404 g/mol. The van der Waals surface area contributed by atoms with Crippen LogP contribution in [0.2, 0.25) is 0 Å². The normalized spacial score (nSPS) is 20.6. The summed E-state index contributed by atoms with van der Waals surface area (Å²) in [6.07, 6.45) is 7.06. The Kier molecular flexibility index (Phi) is 7.16. The molecule has 1 aromatic heterocycles. The van der Waals surface area contributed by atoms with Crippen LogP contribution in [0.1, 0.15) is 44.2 Å². The van der Waals surface area contributed by atoms with E-state index in [0.29, 0.717) is 42.5 Å². The molecule has 0 aromatic carbocycles. The number of nitrogens with zero attached hydrogens (tertiary/aromatic N) is 3. The van der Waals surface area contributed by atoms with E-state index in [2.05, 4.69) is 10.4 Å². The molecule has 9 nitrogen and oxygen atoms in total. The standard InChI is InChI=1S/C20H28N4O5/c25-13-23(29)12-15(9-14-3-1-2-4-14)20(28)24-18(7-8-22-24)19(27)10-16-5-6-17(26)11-21-16/h5-6,11,13-15,18,22,26,29H,1-4,7-10,12H2/t15-,18+/m1/s1. The SMILES string of the molecule is O=CN(O)C[C@@H](CC1CCCC1)C(=O)N1NCC[C@H]1C(=O)Cc1ccc(O)cn1. The van der Waals surface area contributed by atoms with Crippen LogP contribution in [-0.2, 0) is 20.8 Å². The lowest BCUT2D eigenvalue weighted by atomic mass is 9.91. The van der Waals surface area contributed by atoms with Gasteiger partial charge in [0.1, 0.15) is 11.8 Å².